The molecule has 0 saturated carbocycles. The third-order valence-electron chi connectivity index (χ3n) is 5.92. The number of nitrogens with zero attached hydrogens (tertiary/aromatic N) is 2. The van der Waals surface area contributed by atoms with E-state index < -0.39 is 53.5 Å². The molecule has 0 spiro atoms. The molecule has 0 aliphatic carbocycles. The fraction of sp³-hybridized carbons (Fsp3) is 0.345. The van der Waals surface area contributed by atoms with E-state index in [-0.39, 0.29) is 36.8 Å². The van der Waals surface area contributed by atoms with Gasteiger partial charge in [0.15, 0.2) is 18.1 Å². The summed E-state index contributed by atoms with van der Waals surface area (Å²) in [5, 5.41) is 0. The standard InChI is InChI=1S/C29H33N3O10/c1-5-39-21-13-19(14-22(40-6-2)25(21)41-7-3)28(36)42-17-20(33)24-26(30)31(15-18-11-9-8-10-12-18)29(37)32(27(24)35)16-23(34)38-4/h8-14H,5-7,15-17,30H2,1-4H3. The van der Waals surface area contributed by atoms with Crippen LogP contribution in [0.4, 0.5) is 5.82 Å². The maximum absolute atomic E-state index is 13.3. The predicted octanol–water partition coefficient (Wildman–Crippen LogP) is 2.05. The molecule has 42 heavy (non-hydrogen) atoms. The van der Waals surface area contributed by atoms with Crippen molar-refractivity contribution in [3.63, 3.8) is 0 Å². The number of aromatic nitrogens is 2. The Labute approximate surface area is 241 Å². The molecule has 3 rings (SSSR count). The van der Waals surface area contributed by atoms with Crippen LogP contribution in [-0.4, -0.2) is 60.4 Å². The Hall–Kier alpha value is -5.07. The van der Waals surface area contributed by atoms with Crippen LogP contribution in [0.5, 0.6) is 17.2 Å². The molecule has 224 valence electrons. The molecule has 0 fully saturated rings. The molecule has 2 aromatic carbocycles. The first-order valence-corrected chi connectivity index (χ1v) is 13.2. The first kappa shape index (κ1) is 31.5. The number of hydrogen-bond donors (Lipinski definition) is 1. The average Bonchev–Trinajstić information content (AvgIpc) is 2.98. The molecule has 13 nitrogen and oxygen atoms in total. The highest BCUT2D eigenvalue weighted by Crippen LogP contribution is 2.39. The van der Waals surface area contributed by atoms with Crippen LogP contribution >= 0.6 is 0 Å². The molecular weight excluding hydrogens is 550 g/mol. The maximum Gasteiger partial charge on any atom is 0.338 e. The number of Topliss-reactive ketones (excluding diaryl/α,β-unsaturated/α-hetero) is 1. The first-order chi connectivity index (χ1) is 20.2. The number of esters is 2. The van der Waals surface area contributed by atoms with Crippen molar-refractivity contribution < 1.29 is 38.1 Å². The molecule has 13 heteroatoms. The van der Waals surface area contributed by atoms with Gasteiger partial charge in [-0.3, -0.25) is 19.0 Å². The summed E-state index contributed by atoms with van der Waals surface area (Å²) < 4.78 is 28.2. The minimum absolute atomic E-state index is 0.00303. The number of carbonyl (C=O) groups excluding carboxylic acids is 3. The molecule has 0 aliphatic rings. The van der Waals surface area contributed by atoms with E-state index in [4.69, 9.17) is 24.7 Å². The van der Waals surface area contributed by atoms with Crippen molar-refractivity contribution in [1.82, 2.24) is 9.13 Å². The lowest BCUT2D eigenvalue weighted by Gasteiger charge is -2.17. The molecule has 0 saturated heterocycles. The van der Waals surface area contributed by atoms with Crippen molar-refractivity contribution in [2.45, 2.75) is 33.9 Å². The number of benzene rings is 2. The van der Waals surface area contributed by atoms with E-state index in [1.807, 2.05) is 0 Å². The minimum atomic E-state index is -1.12. The van der Waals surface area contributed by atoms with Gasteiger partial charge in [-0.1, -0.05) is 30.3 Å². The number of ether oxygens (including phenoxy) is 5. The number of methoxy groups -OCH3 is 1. The van der Waals surface area contributed by atoms with Gasteiger partial charge >= 0.3 is 17.6 Å². The van der Waals surface area contributed by atoms with E-state index in [0.29, 0.717) is 22.5 Å². The summed E-state index contributed by atoms with van der Waals surface area (Å²) >= 11 is 0. The molecule has 0 aliphatic heterocycles. The molecule has 0 unspecified atom stereocenters. The van der Waals surface area contributed by atoms with Gasteiger partial charge in [0, 0.05) is 0 Å². The van der Waals surface area contributed by atoms with Gasteiger partial charge in [0.2, 0.25) is 11.5 Å². The Morgan fingerprint density at radius 3 is 2.00 bits per heavy atom. The van der Waals surface area contributed by atoms with E-state index in [0.717, 1.165) is 11.7 Å². The molecule has 2 N–H and O–H groups in total. The summed E-state index contributed by atoms with van der Waals surface area (Å²) in [4.78, 5) is 64.6. The van der Waals surface area contributed by atoms with Gasteiger partial charge in [-0.15, -0.1) is 0 Å². The molecule has 0 bridgehead atoms. The molecular formula is C29H33N3O10. The molecule has 0 atom stereocenters. The molecule has 1 aromatic heterocycles. The molecule has 0 amide bonds. The maximum atomic E-state index is 13.3. The third-order valence-corrected chi connectivity index (χ3v) is 5.92. The zero-order chi connectivity index (χ0) is 30.8. The second-order valence-electron chi connectivity index (χ2n) is 8.68. The zero-order valence-electron chi connectivity index (χ0n) is 23.8. The highest BCUT2D eigenvalue weighted by molar-refractivity contribution is 6.02. The first-order valence-electron chi connectivity index (χ1n) is 13.2. The number of ketones is 1. The number of anilines is 1. The van der Waals surface area contributed by atoms with Crippen molar-refractivity contribution in [2.75, 3.05) is 39.3 Å². The topological polar surface area (TPSA) is 167 Å². The predicted molar refractivity (Wildman–Crippen MR) is 151 cm³/mol. The molecule has 1 heterocycles. The van der Waals surface area contributed by atoms with Gasteiger partial charge in [0.05, 0.1) is 39.0 Å². The summed E-state index contributed by atoms with van der Waals surface area (Å²) in [5.41, 5.74) is 4.16. The van der Waals surface area contributed by atoms with Crippen molar-refractivity contribution in [3.05, 3.63) is 80.0 Å². The number of hydrogen-bond acceptors (Lipinski definition) is 11. The smallest absolute Gasteiger partial charge is 0.338 e. The van der Waals surface area contributed by atoms with Crippen LogP contribution in [0.2, 0.25) is 0 Å². The summed E-state index contributed by atoms with van der Waals surface area (Å²) in [6.45, 7) is 4.43. The second kappa shape index (κ2) is 14.5. The lowest BCUT2D eigenvalue weighted by molar-refractivity contribution is -0.141. The quantitative estimate of drug-likeness (QED) is 0.218. The van der Waals surface area contributed by atoms with E-state index in [1.165, 1.54) is 12.1 Å². The van der Waals surface area contributed by atoms with E-state index in [9.17, 15) is 24.0 Å². The second-order valence-corrected chi connectivity index (χ2v) is 8.68. The summed E-state index contributed by atoms with van der Waals surface area (Å²) in [5.74, 6) is -2.42. The highest BCUT2D eigenvalue weighted by Gasteiger charge is 2.26. The fourth-order valence-corrected chi connectivity index (χ4v) is 4.02. The fourth-order valence-electron chi connectivity index (χ4n) is 4.02. The van der Waals surface area contributed by atoms with Gasteiger partial charge in [0.25, 0.3) is 5.56 Å². The van der Waals surface area contributed by atoms with Crippen LogP contribution in [0.15, 0.2) is 52.1 Å². The molecule has 3 aromatic rings. The summed E-state index contributed by atoms with van der Waals surface area (Å²) in [7, 11) is 1.09. The SMILES string of the molecule is CCOc1cc(C(=O)OCC(=O)c2c(N)n(Cc3ccccc3)c(=O)n(CC(=O)OC)c2=O)cc(OCC)c1OCC. The Bertz CT molecular complexity index is 1530. The van der Waals surface area contributed by atoms with Gasteiger partial charge in [-0.25, -0.2) is 14.2 Å². The van der Waals surface area contributed by atoms with Crippen molar-refractivity contribution in [2.24, 2.45) is 0 Å². The van der Waals surface area contributed by atoms with Crippen molar-refractivity contribution >= 4 is 23.5 Å². The number of nitrogens with two attached hydrogens (primary N) is 1. The molecule has 0 radical (unpaired) electrons. The monoisotopic (exact) mass is 583 g/mol. The van der Waals surface area contributed by atoms with Crippen molar-refractivity contribution in [1.29, 1.82) is 0 Å². The van der Waals surface area contributed by atoms with Crippen LogP contribution in [0.3, 0.4) is 0 Å². The number of rotatable bonds is 14. The largest absolute Gasteiger partial charge is 0.490 e. The Morgan fingerprint density at radius 2 is 1.45 bits per heavy atom. The van der Waals surface area contributed by atoms with E-state index in [2.05, 4.69) is 4.74 Å². The highest BCUT2D eigenvalue weighted by atomic mass is 16.5. The van der Waals surface area contributed by atoms with Crippen molar-refractivity contribution in [3.8, 4) is 17.2 Å². The minimum Gasteiger partial charge on any atom is -0.490 e. The van der Waals surface area contributed by atoms with Gasteiger partial charge in [0.1, 0.15) is 17.9 Å². The normalized spacial score (nSPS) is 10.6. The van der Waals surface area contributed by atoms with Gasteiger partial charge < -0.3 is 29.4 Å². The van der Waals surface area contributed by atoms with Gasteiger partial charge in [-0.05, 0) is 38.5 Å². The van der Waals surface area contributed by atoms with Crippen LogP contribution in [0.1, 0.15) is 47.1 Å². The van der Waals surface area contributed by atoms with Gasteiger partial charge in [-0.2, -0.15) is 0 Å². The lowest BCUT2D eigenvalue weighted by Crippen LogP contribution is -2.46. The zero-order valence-corrected chi connectivity index (χ0v) is 23.8. The number of carbonyl (C=O) groups is 3. The van der Waals surface area contributed by atoms with Crippen LogP contribution in [-0.2, 0) is 27.4 Å². The van der Waals surface area contributed by atoms with E-state index in [1.54, 1.807) is 51.1 Å². The van der Waals surface area contributed by atoms with Crippen LogP contribution < -0.4 is 31.2 Å². The summed E-state index contributed by atoms with van der Waals surface area (Å²) in [6, 6.07) is 11.5. The Morgan fingerprint density at radius 1 is 0.857 bits per heavy atom. The average molecular weight is 584 g/mol. The number of nitrogen functional groups attached to an aromatic ring is 1. The Kier molecular flexibility index (Phi) is 10.9. The third kappa shape index (κ3) is 7.16. The van der Waals surface area contributed by atoms with Crippen LogP contribution in [0, 0.1) is 0 Å². The van der Waals surface area contributed by atoms with E-state index >= 15 is 0 Å². The van der Waals surface area contributed by atoms with Crippen LogP contribution in [0.25, 0.3) is 0 Å². The summed E-state index contributed by atoms with van der Waals surface area (Å²) in [6.07, 6.45) is 0. The Balaban J connectivity index is 1.98. The lowest BCUT2D eigenvalue weighted by atomic mass is 10.1.